The van der Waals surface area contributed by atoms with Crippen molar-refractivity contribution in [3.8, 4) is 5.75 Å². The summed E-state index contributed by atoms with van der Waals surface area (Å²) in [6.45, 7) is 0.403. The van der Waals surface area contributed by atoms with Crippen LogP contribution in [0.25, 0.3) is 10.1 Å². The van der Waals surface area contributed by atoms with E-state index in [4.69, 9.17) is 15.6 Å². The standard InChI is InChI=1S/C16H13NO3S/c17-13-7-10(16(18)19)5-6-14(13)20-8-11-9-21-15-4-2-1-3-12(11)15/h1-7,9H,8,17H2,(H,18,19). The van der Waals surface area contributed by atoms with E-state index in [1.165, 1.54) is 22.2 Å². The second-order valence-corrected chi connectivity index (χ2v) is 5.51. The molecule has 1 heterocycles. The Hall–Kier alpha value is -2.53. The van der Waals surface area contributed by atoms with Crippen molar-refractivity contribution in [3.05, 3.63) is 59.0 Å². The zero-order chi connectivity index (χ0) is 14.8. The Morgan fingerprint density at radius 2 is 2.05 bits per heavy atom. The van der Waals surface area contributed by atoms with Crippen LogP contribution in [0.2, 0.25) is 0 Å². The number of rotatable bonds is 4. The van der Waals surface area contributed by atoms with E-state index in [1.807, 2.05) is 12.1 Å². The van der Waals surface area contributed by atoms with Crippen LogP contribution in [0.15, 0.2) is 47.8 Å². The van der Waals surface area contributed by atoms with Crippen LogP contribution in [0, 0.1) is 0 Å². The average Bonchev–Trinajstić information content (AvgIpc) is 2.89. The molecule has 21 heavy (non-hydrogen) atoms. The molecule has 2 aromatic carbocycles. The van der Waals surface area contributed by atoms with Crippen molar-refractivity contribution >= 4 is 33.1 Å². The van der Waals surface area contributed by atoms with Gasteiger partial charge in [-0.05, 0) is 35.0 Å². The van der Waals surface area contributed by atoms with E-state index < -0.39 is 5.97 Å². The lowest BCUT2D eigenvalue weighted by atomic mass is 10.2. The summed E-state index contributed by atoms with van der Waals surface area (Å²) in [6.07, 6.45) is 0. The first-order valence-electron chi connectivity index (χ1n) is 6.36. The fraction of sp³-hybridized carbons (Fsp3) is 0.0625. The van der Waals surface area contributed by atoms with E-state index in [0.29, 0.717) is 18.0 Å². The van der Waals surface area contributed by atoms with Crippen LogP contribution in [0.1, 0.15) is 15.9 Å². The molecule has 0 atom stereocenters. The Morgan fingerprint density at radius 1 is 1.24 bits per heavy atom. The Morgan fingerprint density at radius 3 is 2.81 bits per heavy atom. The van der Waals surface area contributed by atoms with Gasteiger partial charge < -0.3 is 15.6 Å². The van der Waals surface area contributed by atoms with Gasteiger partial charge in [0.1, 0.15) is 12.4 Å². The molecule has 0 fully saturated rings. The summed E-state index contributed by atoms with van der Waals surface area (Å²) in [7, 11) is 0. The zero-order valence-electron chi connectivity index (χ0n) is 11.1. The van der Waals surface area contributed by atoms with Crippen LogP contribution in [0.3, 0.4) is 0 Å². The number of carbonyl (C=O) groups is 1. The number of anilines is 1. The van der Waals surface area contributed by atoms with E-state index in [0.717, 1.165) is 5.56 Å². The third-order valence-corrected chi connectivity index (χ3v) is 4.21. The molecule has 0 saturated heterocycles. The minimum atomic E-state index is -1.00. The monoisotopic (exact) mass is 299 g/mol. The molecule has 3 rings (SSSR count). The number of ether oxygens (including phenoxy) is 1. The predicted molar refractivity (Wildman–Crippen MR) is 84.0 cm³/mol. The molecule has 1 aromatic heterocycles. The predicted octanol–water partition coefficient (Wildman–Crippen LogP) is 3.76. The fourth-order valence-electron chi connectivity index (χ4n) is 2.11. The third kappa shape index (κ3) is 2.68. The molecule has 0 radical (unpaired) electrons. The van der Waals surface area contributed by atoms with E-state index in [9.17, 15) is 4.79 Å². The Labute approximate surface area is 125 Å². The van der Waals surface area contributed by atoms with Gasteiger partial charge in [-0.15, -0.1) is 11.3 Å². The van der Waals surface area contributed by atoms with Gasteiger partial charge in [-0.2, -0.15) is 0 Å². The van der Waals surface area contributed by atoms with E-state index in [-0.39, 0.29) is 5.56 Å². The van der Waals surface area contributed by atoms with Gasteiger partial charge in [0.2, 0.25) is 0 Å². The quantitative estimate of drug-likeness (QED) is 0.719. The van der Waals surface area contributed by atoms with E-state index >= 15 is 0 Å². The molecule has 0 bridgehead atoms. The van der Waals surface area contributed by atoms with Gasteiger partial charge in [0.15, 0.2) is 0 Å². The molecule has 0 aliphatic rings. The molecule has 5 heteroatoms. The summed E-state index contributed by atoms with van der Waals surface area (Å²) in [4.78, 5) is 10.9. The summed E-state index contributed by atoms with van der Waals surface area (Å²) in [6, 6.07) is 12.6. The Bertz CT molecular complexity index is 810. The maximum atomic E-state index is 10.9. The number of thiophene rings is 1. The van der Waals surface area contributed by atoms with Crippen molar-refractivity contribution in [2.45, 2.75) is 6.61 Å². The number of aromatic carboxylic acids is 1. The third-order valence-electron chi connectivity index (χ3n) is 3.20. The van der Waals surface area contributed by atoms with Crippen LogP contribution in [0.4, 0.5) is 5.69 Å². The van der Waals surface area contributed by atoms with Gasteiger partial charge in [0, 0.05) is 10.3 Å². The highest BCUT2D eigenvalue weighted by Gasteiger charge is 2.09. The van der Waals surface area contributed by atoms with Crippen LogP contribution in [-0.2, 0) is 6.61 Å². The molecule has 106 valence electrons. The molecule has 3 aromatic rings. The number of hydrogen-bond acceptors (Lipinski definition) is 4. The fourth-order valence-corrected chi connectivity index (χ4v) is 3.06. The molecule has 0 aliphatic heterocycles. The number of nitrogen functional groups attached to an aromatic ring is 1. The summed E-state index contributed by atoms with van der Waals surface area (Å²) in [5.74, 6) is -0.507. The van der Waals surface area contributed by atoms with E-state index in [1.54, 1.807) is 17.4 Å². The highest BCUT2D eigenvalue weighted by atomic mass is 32.1. The van der Waals surface area contributed by atoms with E-state index in [2.05, 4.69) is 17.5 Å². The lowest BCUT2D eigenvalue weighted by molar-refractivity contribution is 0.0697. The van der Waals surface area contributed by atoms with Crippen LogP contribution in [0.5, 0.6) is 5.75 Å². The highest BCUT2D eigenvalue weighted by molar-refractivity contribution is 7.17. The minimum Gasteiger partial charge on any atom is -0.487 e. The minimum absolute atomic E-state index is 0.154. The van der Waals surface area contributed by atoms with Crippen molar-refractivity contribution in [2.75, 3.05) is 5.73 Å². The molecular formula is C16H13NO3S. The molecule has 0 saturated carbocycles. The number of hydrogen-bond donors (Lipinski definition) is 2. The molecule has 3 N–H and O–H groups in total. The van der Waals surface area contributed by atoms with Gasteiger partial charge in [-0.1, -0.05) is 18.2 Å². The number of benzene rings is 2. The average molecular weight is 299 g/mol. The molecule has 0 spiro atoms. The molecular weight excluding hydrogens is 286 g/mol. The first-order chi connectivity index (χ1) is 10.1. The van der Waals surface area contributed by atoms with Gasteiger partial charge in [0.05, 0.1) is 11.3 Å². The lowest BCUT2D eigenvalue weighted by Crippen LogP contribution is -2.01. The van der Waals surface area contributed by atoms with Gasteiger partial charge in [-0.3, -0.25) is 0 Å². The summed E-state index contributed by atoms with van der Waals surface area (Å²) >= 11 is 1.67. The van der Waals surface area contributed by atoms with Crippen LogP contribution < -0.4 is 10.5 Å². The largest absolute Gasteiger partial charge is 0.487 e. The van der Waals surface area contributed by atoms with Crippen molar-refractivity contribution in [3.63, 3.8) is 0 Å². The second kappa shape index (κ2) is 5.46. The molecule has 0 amide bonds. The normalized spacial score (nSPS) is 10.7. The maximum Gasteiger partial charge on any atom is 0.335 e. The Kier molecular flexibility index (Phi) is 3.50. The van der Waals surface area contributed by atoms with Crippen LogP contribution >= 0.6 is 11.3 Å². The summed E-state index contributed by atoms with van der Waals surface area (Å²) in [5.41, 5.74) is 7.40. The van der Waals surface area contributed by atoms with Crippen molar-refractivity contribution < 1.29 is 14.6 Å². The van der Waals surface area contributed by atoms with Crippen LogP contribution in [-0.4, -0.2) is 11.1 Å². The topological polar surface area (TPSA) is 72.6 Å². The first kappa shape index (κ1) is 13.5. The SMILES string of the molecule is Nc1cc(C(=O)O)ccc1OCc1csc2ccccc12. The highest BCUT2D eigenvalue weighted by Crippen LogP contribution is 2.28. The van der Waals surface area contributed by atoms with Crippen molar-refractivity contribution in [1.29, 1.82) is 0 Å². The number of fused-ring (bicyclic) bond motifs is 1. The zero-order valence-corrected chi connectivity index (χ0v) is 11.9. The number of carboxylic acids is 1. The van der Waals surface area contributed by atoms with Gasteiger partial charge in [0.25, 0.3) is 0 Å². The lowest BCUT2D eigenvalue weighted by Gasteiger charge is -2.09. The Balaban J connectivity index is 1.80. The second-order valence-electron chi connectivity index (χ2n) is 4.60. The maximum absolute atomic E-state index is 10.9. The van der Waals surface area contributed by atoms with Crippen molar-refractivity contribution in [2.24, 2.45) is 0 Å². The number of nitrogens with two attached hydrogens (primary N) is 1. The number of carboxylic acid groups (broad SMARTS) is 1. The smallest absolute Gasteiger partial charge is 0.335 e. The van der Waals surface area contributed by atoms with Gasteiger partial charge in [-0.25, -0.2) is 4.79 Å². The molecule has 0 aliphatic carbocycles. The molecule has 0 unspecified atom stereocenters. The van der Waals surface area contributed by atoms with Gasteiger partial charge >= 0.3 is 5.97 Å². The first-order valence-corrected chi connectivity index (χ1v) is 7.24. The molecule has 4 nitrogen and oxygen atoms in total. The summed E-state index contributed by atoms with van der Waals surface area (Å²) in [5, 5.41) is 12.1. The summed E-state index contributed by atoms with van der Waals surface area (Å²) < 4.78 is 6.93. The van der Waals surface area contributed by atoms with Crippen molar-refractivity contribution in [1.82, 2.24) is 0 Å².